The maximum atomic E-state index is 12.2. The molecular weight excluding hydrogens is 542 g/mol. The second kappa shape index (κ2) is 10.6. The lowest BCUT2D eigenvalue weighted by Gasteiger charge is -2.28. The van der Waals surface area contributed by atoms with Crippen molar-refractivity contribution in [2.75, 3.05) is 0 Å². The normalized spacial score (nSPS) is 17.6. The van der Waals surface area contributed by atoms with Crippen LogP contribution in [0, 0.1) is 5.92 Å². The summed E-state index contributed by atoms with van der Waals surface area (Å²) in [6.45, 7) is 0.973. The average molecular weight is 570 g/mol. The van der Waals surface area contributed by atoms with Gasteiger partial charge in [0, 0.05) is 28.4 Å². The standard InChI is InChI=1S/C31H28BrN3O3/c32-22-8-5-6-20(16-22)18-35-29-15-14-24(38-19-23-13-12-21-7-1-4-11-27(21)33-23)17-28(29)34-30(35)25-9-2-3-10-26(25)31(36)37/h1,4-8,11-17,25-26H,2-3,9-10,18-19H2,(H,36,37)/t25?,26-/m0/s1. The number of benzene rings is 3. The summed E-state index contributed by atoms with van der Waals surface area (Å²) in [6, 6.07) is 26.2. The number of fused-ring (bicyclic) bond motifs is 2. The van der Waals surface area contributed by atoms with E-state index in [2.05, 4.69) is 38.7 Å². The van der Waals surface area contributed by atoms with Crippen molar-refractivity contribution < 1.29 is 14.6 Å². The zero-order valence-corrected chi connectivity index (χ0v) is 22.5. The van der Waals surface area contributed by atoms with Gasteiger partial charge in [-0.1, -0.05) is 65.2 Å². The maximum Gasteiger partial charge on any atom is 0.307 e. The van der Waals surface area contributed by atoms with E-state index in [-0.39, 0.29) is 5.92 Å². The first-order valence-corrected chi connectivity index (χ1v) is 13.8. The molecule has 1 aliphatic rings. The average Bonchev–Trinajstić information content (AvgIpc) is 3.29. The zero-order valence-electron chi connectivity index (χ0n) is 20.9. The summed E-state index contributed by atoms with van der Waals surface area (Å²) in [5.41, 5.74) is 4.72. The summed E-state index contributed by atoms with van der Waals surface area (Å²) in [5, 5.41) is 11.1. The fourth-order valence-electron chi connectivity index (χ4n) is 5.57. The Morgan fingerprint density at radius 2 is 1.82 bits per heavy atom. The van der Waals surface area contributed by atoms with Crippen LogP contribution in [0.5, 0.6) is 5.75 Å². The highest BCUT2D eigenvalue weighted by Crippen LogP contribution is 2.39. The number of aliphatic carboxylic acids is 1. The van der Waals surface area contributed by atoms with Crippen LogP contribution in [0.15, 0.2) is 83.3 Å². The number of hydrogen-bond acceptors (Lipinski definition) is 4. The fourth-order valence-corrected chi connectivity index (χ4v) is 6.01. The minimum Gasteiger partial charge on any atom is -0.487 e. The molecule has 38 heavy (non-hydrogen) atoms. The van der Waals surface area contributed by atoms with Gasteiger partial charge in [-0.15, -0.1) is 0 Å². The van der Waals surface area contributed by atoms with Crippen LogP contribution in [-0.4, -0.2) is 25.6 Å². The molecule has 3 aromatic carbocycles. The van der Waals surface area contributed by atoms with E-state index in [9.17, 15) is 9.90 Å². The van der Waals surface area contributed by atoms with E-state index in [1.165, 1.54) is 0 Å². The van der Waals surface area contributed by atoms with Crippen molar-refractivity contribution in [1.29, 1.82) is 0 Å². The molecule has 7 heteroatoms. The van der Waals surface area contributed by atoms with Crippen molar-refractivity contribution >= 4 is 43.8 Å². The van der Waals surface area contributed by atoms with Crippen LogP contribution in [0.2, 0.25) is 0 Å². The van der Waals surface area contributed by atoms with Crippen molar-refractivity contribution in [3.8, 4) is 5.75 Å². The van der Waals surface area contributed by atoms with Gasteiger partial charge in [-0.25, -0.2) is 9.97 Å². The second-order valence-electron chi connectivity index (χ2n) is 9.96. The molecule has 5 aromatic rings. The Balaban J connectivity index is 1.34. The molecule has 0 aliphatic heterocycles. The van der Waals surface area contributed by atoms with E-state index in [4.69, 9.17) is 14.7 Å². The number of imidazole rings is 1. The number of rotatable bonds is 7. The molecule has 0 spiro atoms. The third-order valence-corrected chi connectivity index (χ3v) is 7.93. The zero-order chi connectivity index (χ0) is 26.1. The number of aromatic nitrogens is 3. The lowest BCUT2D eigenvalue weighted by Crippen LogP contribution is -2.27. The molecule has 0 radical (unpaired) electrons. The number of ether oxygens (including phenoxy) is 1. The highest BCUT2D eigenvalue weighted by molar-refractivity contribution is 9.10. The molecule has 1 aliphatic carbocycles. The molecule has 1 fully saturated rings. The molecule has 0 saturated heterocycles. The van der Waals surface area contributed by atoms with E-state index in [1.807, 2.05) is 60.7 Å². The highest BCUT2D eigenvalue weighted by atomic mass is 79.9. The number of pyridine rings is 1. The summed E-state index contributed by atoms with van der Waals surface area (Å²) in [5.74, 6) is 0.288. The Kier molecular flexibility index (Phi) is 6.85. The topological polar surface area (TPSA) is 77.2 Å². The summed E-state index contributed by atoms with van der Waals surface area (Å²) in [4.78, 5) is 21.9. The Morgan fingerprint density at radius 3 is 2.68 bits per heavy atom. The molecule has 6 rings (SSSR count). The molecule has 2 atom stereocenters. The number of carboxylic acid groups (broad SMARTS) is 1. The predicted molar refractivity (Wildman–Crippen MR) is 151 cm³/mol. The largest absolute Gasteiger partial charge is 0.487 e. The van der Waals surface area contributed by atoms with Crippen LogP contribution < -0.4 is 4.74 Å². The van der Waals surface area contributed by atoms with E-state index < -0.39 is 11.9 Å². The van der Waals surface area contributed by atoms with Crippen LogP contribution in [0.3, 0.4) is 0 Å². The smallest absolute Gasteiger partial charge is 0.307 e. The predicted octanol–water partition coefficient (Wildman–Crippen LogP) is 7.33. The number of para-hydroxylation sites is 1. The summed E-state index contributed by atoms with van der Waals surface area (Å²) in [6.07, 6.45) is 3.48. The van der Waals surface area contributed by atoms with E-state index >= 15 is 0 Å². The molecule has 1 saturated carbocycles. The van der Waals surface area contributed by atoms with Gasteiger partial charge in [0.25, 0.3) is 0 Å². The van der Waals surface area contributed by atoms with Crippen molar-refractivity contribution in [1.82, 2.24) is 14.5 Å². The van der Waals surface area contributed by atoms with E-state index in [1.54, 1.807) is 0 Å². The Labute approximate surface area is 229 Å². The lowest BCUT2D eigenvalue weighted by molar-refractivity contribution is -0.143. The van der Waals surface area contributed by atoms with Crippen molar-refractivity contribution in [2.24, 2.45) is 5.92 Å². The van der Waals surface area contributed by atoms with Gasteiger partial charge < -0.3 is 14.4 Å². The quantitative estimate of drug-likeness (QED) is 0.222. The summed E-state index contributed by atoms with van der Waals surface area (Å²) >= 11 is 3.57. The number of hydrogen-bond donors (Lipinski definition) is 1. The summed E-state index contributed by atoms with van der Waals surface area (Å²) < 4.78 is 9.33. The lowest BCUT2D eigenvalue weighted by atomic mass is 9.78. The van der Waals surface area contributed by atoms with Crippen molar-refractivity contribution in [3.63, 3.8) is 0 Å². The Hall–Kier alpha value is -3.71. The van der Waals surface area contributed by atoms with Gasteiger partial charge in [0.05, 0.1) is 28.2 Å². The van der Waals surface area contributed by atoms with Crippen LogP contribution in [0.25, 0.3) is 21.9 Å². The van der Waals surface area contributed by atoms with Gasteiger partial charge in [-0.3, -0.25) is 4.79 Å². The van der Waals surface area contributed by atoms with Crippen LogP contribution in [0.4, 0.5) is 0 Å². The van der Waals surface area contributed by atoms with Gasteiger partial charge in [-0.05, 0) is 54.8 Å². The Morgan fingerprint density at radius 1 is 0.947 bits per heavy atom. The van der Waals surface area contributed by atoms with Gasteiger partial charge in [0.1, 0.15) is 18.2 Å². The molecular formula is C31H28BrN3O3. The minimum absolute atomic E-state index is 0.119. The molecule has 1 N–H and O–H groups in total. The van der Waals surface area contributed by atoms with Crippen LogP contribution in [-0.2, 0) is 17.9 Å². The van der Waals surface area contributed by atoms with Crippen LogP contribution in [0.1, 0.15) is 48.7 Å². The number of carboxylic acids is 1. The third-order valence-electron chi connectivity index (χ3n) is 7.44. The molecule has 6 nitrogen and oxygen atoms in total. The van der Waals surface area contributed by atoms with E-state index in [0.29, 0.717) is 25.3 Å². The summed E-state index contributed by atoms with van der Waals surface area (Å²) in [7, 11) is 0. The monoisotopic (exact) mass is 569 g/mol. The SMILES string of the molecule is O=C(O)[C@H]1CCCCC1c1nc2cc(OCc3ccc4ccccc4n3)ccc2n1Cc1cccc(Br)c1. The first-order valence-electron chi connectivity index (χ1n) is 13.0. The number of carbonyl (C=O) groups is 1. The highest BCUT2D eigenvalue weighted by Gasteiger charge is 2.35. The molecule has 0 bridgehead atoms. The molecule has 2 aromatic heterocycles. The van der Waals surface area contributed by atoms with Crippen molar-refractivity contribution in [2.45, 2.75) is 44.8 Å². The minimum atomic E-state index is -0.734. The third kappa shape index (κ3) is 5.03. The second-order valence-corrected chi connectivity index (χ2v) is 10.9. The van der Waals surface area contributed by atoms with Gasteiger partial charge in [0.2, 0.25) is 0 Å². The number of nitrogens with zero attached hydrogens (tertiary/aromatic N) is 3. The van der Waals surface area contributed by atoms with Gasteiger partial charge in [-0.2, -0.15) is 0 Å². The first-order chi connectivity index (χ1) is 18.5. The molecule has 1 unspecified atom stereocenters. The van der Waals surface area contributed by atoms with Gasteiger partial charge >= 0.3 is 5.97 Å². The molecule has 192 valence electrons. The molecule has 0 amide bonds. The fraction of sp³-hybridized carbons (Fsp3) is 0.258. The van der Waals surface area contributed by atoms with E-state index in [0.717, 1.165) is 62.8 Å². The molecule has 2 heterocycles. The van der Waals surface area contributed by atoms with Crippen LogP contribution >= 0.6 is 15.9 Å². The number of halogens is 1. The van der Waals surface area contributed by atoms with Crippen molar-refractivity contribution in [3.05, 3.63) is 100 Å². The first kappa shape index (κ1) is 24.6. The Bertz CT molecular complexity index is 1630. The van der Waals surface area contributed by atoms with Gasteiger partial charge in [0.15, 0.2) is 0 Å². The maximum absolute atomic E-state index is 12.2.